The van der Waals surface area contributed by atoms with E-state index in [0.29, 0.717) is 41.5 Å². The molecule has 0 saturated carbocycles. The van der Waals surface area contributed by atoms with E-state index in [1.54, 1.807) is 43.3 Å². The van der Waals surface area contributed by atoms with Crippen molar-refractivity contribution in [3.05, 3.63) is 101 Å². The smallest absolute Gasteiger partial charge is 0.358 e. The number of aromatic nitrogens is 1. The number of nitrogens with one attached hydrogen (secondary N) is 6. The Labute approximate surface area is 317 Å². The Morgan fingerprint density at radius 1 is 0.945 bits per heavy atom. The zero-order chi connectivity index (χ0) is 40.0. The molecule has 0 bridgehead atoms. The lowest BCUT2D eigenvalue weighted by molar-refractivity contribution is -0.136. The Bertz CT molecular complexity index is 2000. The topological polar surface area (TPSA) is 144 Å². The van der Waals surface area contributed by atoms with Crippen molar-refractivity contribution in [2.75, 3.05) is 12.0 Å². The first-order valence-corrected chi connectivity index (χ1v) is 18.5. The summed E-state index contributed by atoms with van der Waals surface area (Å²) in [4.78, 5) is 57.9. The Kier molecular flexibility index (Phi) is 12.7. The molecule has 5 rings (SSSR count). The number of alkyl halides is 3. The molecule has 1 aromatic heterocycles. The van der Waals surface area contributed by atoms with Crippen molar-refractivity contribution in [3.63, 3.8) is 0 Å². The number of hydrogen-bond acceptors (Lipinski definition) is 6. The molecule has 1 heterocycles. The number of carbonyl (C=O) groups excluding carboxylic acids is 4. The van der Waals surface area contributed by atoms with E-state index >= 15 is 0 Å². The summed E-state index contributed by atoms with van der Waals surface area (Å²) in [5.74, 6) is -3.10. The minimum atomic E-state index is -4.63. The van der Waals surface area contributed by atoms with Crippen molar-refractivity contribution in [1.82, 2.24) is 26.4 Å². The van der Waals surface area contributed by atoms with Gasteiger partial charge in [-0.15, -0.1) is 0 Å². The van der Waals surface area contributed by atoms with Crippen LogP contribution in [-0.2, 0) is 44.6 Å². The van der Waals surface area contributed by atoms with E-state index in [-0.39, 0.29) is 49.2 Å². The summed E-state index contributed by atoms with van der Waals surface area (Å²) in [6.07, 6.45) is -3.25. The third-order valence-corrected chi connectivity index (χ3v) is 11.0. The molecule has 1 aliphatic carbocycles. The molecule has 0 radical (unpaired) electrons. The zero-order valence-corrected chi connectivity index (χ0v) is 31.3. The Morgan fingerprint density at radius 2 is 1.65 bits per heavy atom. The van der Waals surface area contributed by atoms with Gasteiger partial charge in [-0.05, 0) is 60.1 Å². The fourth-order valence-corrected chi connectivity index (χ4v) is 7.17. The molecule has 3 amide bonds. The monoisotopic (exact) mass is 764 g/mol. The Morgan fingerprint density at radius 3 is 2.31 bits per heavy atom. The number of aromatic amines is 1. The van der Waals surface area contributed by atoms with Gasteiger partial charge in [0.25, 0.3) is 5.91 Å². The van der Waals surface area contributed by atoms with E-state index in [1.807, 2.05) is 26.8 Å². The molecule has 0 spiro atoms. The van der Waals surface area contributed by atoms with Crippen LogP contribution in [0.3, 0.4) is 0 Å². The van der Waals surface area contributed by atoms with Crippen molar-refractivity contribution in [3.8, 4) is 0 Å². The van der Waals surface area contributed by atoms with E-state index in [9.17, 15) is 36.7 Å². The van der Waals surface area contributed by atoms with Gasteiger partial charge >= 0.3 is 6.18 Å². The molecule has 2 unspecified atom stereocenters. The first-order valence-electron chi connectivity index (χ1n) is 18.5. The van der Waals surface area contributed by atoms with Gasteiger partial charge in [0.2, 0.25) is 11.8 Å². The van der Waals surface area contributed by atoms with Gasteiger partial charge in [-0.25, -0.2) is 4.39 Å². The van der Waals surface area contributed by atoms with Gasteiger partial charge in [0, 0.05) is 24.0 Å². The van der Waals surface area contributed by atoms with Gasteiger partial charge < -0.3 is 25.7 Å². The quantitative estimate of drug-likeness (QED) is 0.0459. The summed E-state index contributed by atoms with van der Waals surface area (Å²) in [6, 6.07) is 17.6. The maximum atomic E-state index is 14.8. The predicted octanol–water partition coefficient (Wildman–Crippen LogP) is 6.16. The highest BCUT2D eigenvalue weighted by Crippen LogP contribution is 2.40. The van der Waals surface area contributed by atoms with Gasteiger partial charge in [-0.2, -0.15) is 13.2 Å². The second-order valence-electron chi connectivity index (χ2n) is 14.5. The van der Waals surface area contributed by atoms with Gasteiger partial charge in [-0.3, -0.25) is 25.2 Å². The van der Waals surface area contributed by atoms with Crippen LogP contribution in [0.4, 0.5) is 23.2 Å². The largest absolute Gasteiger partial charge is 0.418 e. The van der Waals surface area contributed by atoms with Crippen LogP contribution in [0.2, 0.25) is 0 Å². The maximum Gasteiger partial charge on any atom is 0.418 e. The van der Waals surface area contributed by atoms with E-state index in [4.69, 9.17) is 0 Å². The van der Waals surface area contributed by atoms with Crippen LogP contribution >= 0.6 is 0 Å². The summed E-state index contributed by atoms with van der Waals surface area (Å²) in [5.41, 5.74) is 3.28. The molecule has 14 heteroatoms. The van der Waals surface area contributed by atoms with E-state index in [0.717, 1.165) is 6.07 Å². The second kappa shape index (κ2) is 17.1. The van der Waals surface area contributed by atoms with Crippen molar-refractivity contribution in [1.29, 1.82) is 0 Å². The van der Waals surface area contributed by atoms with Crippen LogP contribution in [0, 0.1) is 17.7 Å². The van der Waals surface area contributed by atoms with Crippen molar-refractivity contribution in [2.24, 2.45) is 11.8 Å². The molecule has 10 nitrogen and oxygen atoms in total. The van der Waals surface area contributed by atoms with Crippen molar-refractivity contribution >= 4 is 40.6 Å². The molecule has 5 atom stereocenters. The molecular formula is C41H48F4N6O4. The predicted molar refractivity (Wildman–Crippen MR) is 202 cm³/mol. The third kappa shape index (κ3) is 9.01. The molecule has 294 valence electrons. The summed E-state index contributed by atoms with van der Waals surface area (Å²) >= 11 is 0. The zero-order valence-electron chi connectivity index (χ0n) is 31.3. The number of benzene rings is 3. The number of amides is 3. The van der Waals surface area contributed by atoms with Crippen LogP contribution in [-0.4, -0.2) is 52.7 Å². The fourth-order valence-electron chi connectivity index (χ4n) is 7.17. The molecule has 0 fully saturated rings. The fraction of sp³-hybridized carbons (Fsp3) is 0.415. The first kappa shape index (κ1) is 40.9. The minimum Gasteiger partial charge on any atom is -0.358 e. The molecule has 1 aliphatic rings. The number of para-hydroxylation sites is 2. The number of aryl methyl sites for hydroxylation is 1. The van der Waals surface area contributed by atoms with Gasteiger partial charge in [0.05, 0.1) is 23.2 Å². The number of anilines is 1. The number of aldehydes is 1. The number of fused-ring (bicyclic) bond motifs is 3. The van der Waals surface area contributed by atoms with Crippen molar-refractivity contribution in [2.45, 2.75) is 89.5 Å². The SMILES string of the molecule is CCC(C)[C@H](NC(=O)[C@@]1(NC[C@](C=O)(NC(=O)Cc2ccccc2F)C(C)CC)CCc2[nH]c3c(C(F)(F)F)cccc3c2C1)C(=O)NNc1ccccc1. The number of hydrogen-bond donors (Lipinski definition) is 6. The molecule has 6 N–H and O–H groups in total. The molecule has 55 heavy (non-hydrogen) atoms. The molecule has 3 aromatic carbocycles. The number of hydrazine groups is 1. The lowest BCUT2D eigenvalue weighted by Crippen LogP contribution is -2.69. The summed E-state index contributed by atoms with van der Waals surface area (Å²) in [7, 11) is 0. The first-order chi connectivity index (χ1) is 26.2. The highest BCUT2D eigenvalue weighted by molar-refractivity contribution is 5.95. The van der Waals surface area contributed by atoms with Crippen LogP contribution in [0.15, 0.2) is 72.8 Å². The third-order valence-electron chi connectivity index (χ3n) is 11.0. The normalized spacial score (nSPS) is 18.3. The lowest BCUT2D eigenvalue weighted by atomic mass is 9.76. The van der Waals surface area contributed by atoms with E-state index in [1.165, 1.54) is 24.3 Å². The van der Waals surface area contributed by atoms with Gasteiger partial charge in [0.1, 0.15) is 29.2 Å². The highest BCUT2D eigenvalue weighted by Gasteiger charge is 2.47. The molecule has 4 aromatic rings. The Balaban J connectivity index is 1.51. The summed E-state index contributed by atoms with van der Waals surface area (Å²) in [6.45, 7) is 7.05. The number of carbonyl (C=O) groups is 4. The van der Waals surface area contributed by atoms with Crippen LogP contribution < -0.4 is 26.8 Å². The molecular weight excluding hydrogens is 716 g/mol. The van der Waals surface area contributed by atoms with Crippen molar-refractivity contribution < 1.29 is 36.7 Å². The Hall–Kier alpha value is -5.24. The highest BCUT2D eigenvalue weighted by atomic mass is 19.4. The number of halogens is 4. The van der Waals surface area contributed by atoms with E-state index in [2.05, 4.69) is 31.8 Å². The summed E-state index contributed by atoms with van der Waals surface area (Å²) < 4.78 is 56.8. The van der Waals surface area contributed by atoms with E-state index < -0.39 is 58.3 Å². The van der Waals surface area contributed by atoms with Gasteiger partial charge in [-0.1, -0.05) is 89.1 Å². The van der Waals surface area contributed by atoms with Crippen LogP contribution in [0.1, 0.15) is 69.3 Å². The number of rotatable bonds is 16. The maximum absolute atomic E-state index is 14.8. The number of H-pyrrole nitrogens is 1. The van der Waals surface area contributed by atoms with Crippen LogP contribution in [0.25, 0.3) is 10.9 Å². The summed E-state index contributed by atoms with van der Waals surface area (Å²) in [5, 5.41) is 9.36. The second-order valence-corrected chi connectivity index (χ2v) is 14.5. The lowest BCUT2D eigenvalue weighted by Gasteiger charge is -2.42. The standard InChI is InChI=1S/C41H48F4N6O4/c1-5-25(3)35(37(54)51-50-28-14-8-7-9-15-28)48-38(55)39(20-19-33-30(22-39)29-16-12-17-31(36(29)47-33)41(43,44)45)46-23-40(24-52,26(4)6-2)49-34(53)21-27-13-10-11-18-32(27)42/h7-18,24-26,35,46-47,50H,5-6,19-23H2,1-4H3,(H,48,55)(H,49,53)(H,51,54)/t25?,26?,35-,39+,40+/m0/s1. The minimum absolute atomic E-state index is 0.0791. The average molecular weight is 765 g/mol. The molecule has 0 aliphatic heterocycles. The van der Waals surface area contributed by atoms with Gasteiger partial charge in [0.15, 0.2) is 0 Å². The van der Waals surface area contributed by atoms with Crippen LogP contribution in [0.5, 0.6) is 0 Å². The molecule has 0 saturated heterocycles. The average Bonchev–Trinajstić information content (AvgIpc) is 3.55.